The topological polar surface area (TPSA) is 106 Å². The van der Waals surface area contributed by atoms with E-state index in [1.54, 1.807) is 48.5 Å². The van der Waals surface area contributed by atoms with E-state index < -0.39 is 6.04 Å². The lowest BCUT2D eigenvalue weighted by atomic mass is 10.0. The van der Waals surface area contributed by atoms with Crippen LogP contribution < -0.4 is 25.4 Å². The first kappa shape index (κ1) is 24.7. The molecular weight excluding hydrogens is 410 g/mol. The van der Waals surface area contributed by atoms with E-state index >= 15 is 0 Å². The van der Waals surface area contributed by atoms with Crippen LogP contribution in [0.5, 0.6) is 11.5 Å². The van der Waals surface area contributed by atoms with Gasteiger partial charge in [-0.1, -0.05) is 26.0 Å². The summed E-state index contributed by atoms with van der Waals surface area (Å²) in [5, 5.41) is 8.27. The number of amides is 3. The molecule has 0 spiro atoms. The van der Waals surface area contributed by atoms with Crippen LogP contribution >= 0.6 is 0 Å². The van der Waals surface area contributed by atoms with Crippen LogP contribution in [0.25, 0.3) is 0 Å². The van der Waals surface area contributed by atoms with E-state index in [2.05, 4.69) is 16.0 Å². The highest BCUT2D eigenvalue weighted by Crippen LogP contribution is 2.19. The van der Waals surface area contributed by atoms with Crippen LogP contribution in [-0.4, -0.2) is 43.5 Å². The fourth-order valence-corrected chi connectivity index (χ4v) is 2.94. The minimum absolute atomic E-state index is 0.0791. The van der Waals surface area contributed by atoms with Crippen molar-refractivity contribution in [2.45, 2.75) is 33.7 Å². The first-order valence-electron chi connectivity index (χ1n) is 10.7. The van der Waals surface area contributed by atoms with Crippen molar-refractivity contribution < 1.29 is 23.9 Å². The van der Waals surface area contributed by atoms with Gasteiger partial charge in [-0.05, 0) is 56.2 Å². The highest BCUT2D eigenvalue weighted by molar-refractivity contribution is 6.02. The van der Waals surface area contributed by atoms with Gasteiger partial charge in [-0.3, -0.25) is 14.4 Å². The molecule has 0 radical (unpaired) electrons. The number of ether oxygens (including phenoxy) is 2. The molecule has 8 heteroatoms. The molecule has 0 aromatic heterocycles. The van der Waals surface area contributed by atoms with E-state index in [0.29, 0.717) is 35.9 Å². The molecule has 3 amide bonds. The summed E-state index contributed by atoms with van der Waals surface area (Å²) in [5.41, 5.74) is 0.927. The van der Waals surface area contributed by atoms with Crippen LogP contribution in [0.4, 0.5) is 5.69 Å². The molecule has 2 aromatic carbocycles. The van der Waals surface area contributed by atoms with Crippen molar-refractivity contribution >= 4 is 23.4 Å². The summed E-state index contributed by atoms with van der Waals surface area (Å²) < 4.78 is 10.9. The van der Waals surface area contributed by atoms with E-state index in [1.807, 2.05) is 27.7 Å². The predicted octanol–water partition coefficient (Wildman–Crippen LogP) is 2.99. The molecule has 0 aliphatic carbocycles. The van der Waals surface area contributed by atoms with Gasteiger partial charge >= 0.3 is 0 Å². The Bertz CT molecular complexity index is 912. The molecular formula is C24H31N3O5. The van der Waals surface area contributed by atoms with Gasteiger partial charge in [0, 0.05) is 12.2 Å². The number of likely N-dealkylation sites (N-methyl/N-ethyl adjacent to an activating group) is 1. The summed E-state index contributed by atoms with van der Waals surface area (Å²) in [4.78, 5) is 37.2. The quantitative estimate of drug-likeness (QED) is 0.497. The van der Waals surface area contributed by atoms with Gasteiger partial charge < -0.3 is 25.4 Å². The van der Waals surface area contributed by atoms with Crippen LogP contribution in [-0.2, 0) is 9.59 Å². The monoisotopic (exact) mass is 441 g/mol. The maximum atomic E-state index is 12.9. The summed E-state index contributed by atoms with van der Waals surface area (Å²) >= 11 is 0. The second-order valence-corrected chi connectivity index (χ2v) is 7.38. The molecule has 0 heterocycles. The fraction of sp³-hybridized carbons (Fsp3) is 0.375. The summed E-state index contributed by atoms with van der Waals surface area (Å²) in [6.07, 6.45) is 0. The molecule has 0 saturated carbocycles. The Kier molecular flexibility index (Phi) is 9.53. The Morgan fingerprint density at radius 3 is 2.25 bits per heavy atom. The first-order valence-corrected chi connectivity index (χ1v) is 10.7. The summed E-state index contributed by atoms with van der Waals surface area (Å²) in [5.74, 6) is -0.0754. The number of benzene rings is 2. The Hall–Kier alpha value is -3.55. The average Bonchev–Trinajstić information content (AvgIpc) is 2.77. The standard InChI is InChI=1S/C24H31N3O5/c1-5-25-21(28)15-32-18-13-11-17(12-14-18)26-24(30)22(16(3)4)27-23(29)19-9-7-8-10-20(19)31-6-2/h7-14,16,22H,5-6,15H2,1-4H3,(H,25,28)(H,26,30)(H,27,29)/t22-/m1/s1. The van der Waals surface area contributed by atoms with Gasteiger partial charge in [0.15, 0.2) is 6.61 Å². The number of hydrogen-bond acceptors (Lipinski definition) is 5. The number of para-hydroxylation sites is 1. The largest absolute Gasteiger partial charge is 0.493 e. The van der Waals surface area contributed by atoms with E-state index in [9.17, 15) is 14.4 Å². The fourth-order valence-electron chi connectivity index (χ4n) is 2.94. The highest BCUT2D eigenvalue weighted by atomic mass is 16.5. The smallest absolute Gasteiger partial charge is 0.257 e. The van der Waals surface area contributed by atoms with Crippen molar-refractivity contribution in [2.75, 3.05) is 25.1 Å². The molecule has 0 fully saturated rings. The molecule has 3 N–H and O–H groups in total. The van der Waals surface area contributed by atoms with Gasteiger partial charge in [-0.2, -0.15) is 0 Å². The highest BCUT2D eigenvalue weighted by Gasteiger charge is 2.26. The molecule has 0 saturated heterocycles. The zero-order valence-electron chi connectivity index (χ0n) is 18.9. The molecule has 0 unspecified atom stereocenters. The number of anilines is 1. The van der Waals surface area contributed by atoms with Crippen molar-refractivity contribution in [1.29, 1.82) is 0 Å². The van der Waals surface area contributed by atoms with Gasteiger partial charge in [0.1, 0.15) is 17.5 Å². The third kappa shape index (κ3) is 7.30. The SMILES string of the molecule is CCNC(=O)COc1ccc(NC(=O)[C@H](NC(=O)c2ccccc2OCC)C(C)C)cc1. The predicted molar refractivity (Wildman–Crippen MR) is 123 cm³/mol. The maximum Gasteiger partial charge on any atom is 0.257 e. The van der Waals surface area contributed by atoms with Crippen molar-refractivity contribution in [1.82, 2.24) is 10.6 Å². The third-order valence-electron chi connectivity index (χ3n) is 4.53. The normalized spacial score (nSPS) is 11.4. The minimum atomic E-state index is -0.745. The third-order valence-corrected chi connectivity index (χ3v) is 4.53. The van der Waals surface area contributed by atoms with E-state index in [1.165, 1.54) is 0 Å². The lowest BCUT2D eigenvalue weighted by Gasteiger charge is -2.22. The second-order valence-electron chi connectivity index (χ2n) is 7.38. The Labute approximate surface area is 188 Å². The average molecular weight is 442 g/mol. The van der Waals surface area contributed by atoms with Gasteiger partial charge in [-0.15, -0.1) is 0 Å². The molecule has 172 valence electrons. The zero-order chi connectivity index (χ0) is 23.5. The van der Waals surface area contributed by atoms with E-state index in [-0.39, 0.29) is 30.2 Å². The Morgan fingerprint density at radius 2 is 1.62 bits per heavy atom. The number of carbonyl (C=O) groups excluding carboxylic acids is 3. The first-order chi connectivity index (χ1) is 15.3. The minimum Gasteiger partial charge on any atom is -0.493 e. The molecule has 2 rings (SSSR count). The molecule has 8 nitrogen and oxygen atoms in total. The Morgan fingerprint density at radius 1 is 0.938 bits per heavy atom. The molecule has 1 atom stereocenters. The number of nitrogens with one attached hydrogen (secondary N) is 3. The number of rotatable bonds is 11. The van der Waals surface area contributed by atoms with Gasteiger partial charge in [0.25, 0.3) is 11.8 Å². The maximum absolute atomic E-state index is 12.9. The molecule has 0 aliphatic rings. The van der Waals surface area contributed by atoms with E-state index in [0.717, 1.165) is 0 Å². The summed E-state index contributed by atoms with van der Waals surface area (Å²) in [6.45, 7) is 8.29. The lowest BCUT2D eigenvalue weighted by Crippen LogP contribution is -2.47. The molecule has 32 heavy (non-hydrogen) atoms. The lowest BCUT2D eigenvalue weighted by molar-refractivity contribution is -0.123. The van der Waals surface area contributed by atoms with Crippen molar-refractivity contribution in [3.05, 3.63) is 54.1 Å². The van der Waals surface area contributed by atoms with Crippen molar-refractivity contribution in [3.8, 4) is 11.5 Å². The number of hydrogen-bond donors (Lipinski definition) is 3. The molecule has 0 bridgehead atoms. The van der Waals surface area contributed by atoms with Crippen molar-refractivity contribution in [2.24, 2.45) is 5.92 Å². The van der Waals surface area contributed by atoms with Crippen LogP contribution in [0.1, 0.15) is 38.1 Å². The van der Waals surface area contributed by atoms with Gasteiger partial charge in [0.2, 0.25) is 5.91 Å². The van der Waals surface area contributed by atoms with Crippen LogP contribution in [0.3, 0.4) is 0 Å². The van der Waals surface area contributed by atoms with Crippen LogP contribution in [0.15, 0.2) is 48.5 Å². The zero-order valence-corrected chi connectivity index (χ0v) is 18.9. The van der Waals surface area contributed by atoms with E-state index in [4.69, 9.17) is 9.47 Å². The molecule has 2 aromatic rings. The van der Waals surface area contributed by atoms with Gasteiger partial charge in [0.05, 0.1) is 12.2 Å². The second kappa shape index (κ2) is 12.3. The summed E-state index contributed by atoms with van der Waals surface area (Å²) in [7, 11) is 0. The molecule has 0 aliphatic heterocycles. The van der Waals surface area contributed by atoms with Gasteiger partial charge in [-0.25, -0.2) is 0 Å². The Balaban J connectivity index is 2.01. The van der Waals surface area contributed by atoms with Crippen LogP contribution in [0.2, 0.25) is 0 Å². The van der Waals surface area contributed by atoms with Crippen LogP contribution in [0, 0.1) is 5.92 Å². The number of carbonyl (C=O) groups is 3. The summed E-state index contributed by atoms with van der Waals surface area (Å²) in [6, 6.07) is 12.9. The van der Waals surface area contributed by atoms with Crippen molar-refractivity contribution in [3.63, 3.8) is 0 Å².